The molecule has 0 bridgehead atoms. The van der Waals surface area contributed by atoms with Crippen LogP contribution >= 0.6 is 0 Å². The summed E-state index contributed by atoms with van der Waals surface area (Å²) in [6, 6.07) is 8.48. The molecule has 1 atom stereocenters. The Morgan fingerprint density at radius 1 is 1.31 bits per heavy atom. The molecule has 1 unspecified atom stereocenters. The normalized spacial score (nSPS) is 16.8. The summed E-state index contributed by atoms with van der Waals surface area (Å²) in [6.45, 7) is 6.13. The molecular formula is C14H19NO. The SMILES string of the molecule is Cc1ccc(C(C)CC(=O)N2CCC2)cc1. The lowest BCUT2D eigenvalue weighted by atomic mass is 9.96. The monoisotopic (exact) mass is 217 g/mol. The van der Waals surface area contributed by atoms with Crippen LogP contribution in [0.5, 0.6) is 0 Å². The van der Waals surface area contributed by atoms with Gasteiger partial charge in [0.1, 0.15) is 0 Å². The Balaban J connectivity index is 1.94. The smallest absolute Gasteiger partial charge is 0.223 e. The third kappa shape index (κ3) is 2.43. The van der Waals surface area contributed by atoms with Gasteiger partial charge >= 0.3 is 0 Å². The van der Waals surface area contributed by atoms with Gasteiger partial charge in [-0.25, -0.2) is 0 Å². The summed E-state index contributed by atoms with van der Waals surface area (Å²) in [4.78, 5) is 13.8. The highest BCUT2D eigenvalue weighted by molar-refractivity contribution is 5.77. The van der Waals surface area contributed by atoms with Gasteiger partial charge in [0.05, 0.1) is 0 Å². The molecule has 1 saturated heterocycles. The second-order valence-electron chi connectivity index (χ2n) is 4.75. The second kappa shape index (κ2) is 4.69. The van der Waals surface area contributed by atoms with E-state index in [4.69, 9.17) is 0 Å². The Morgan fingerprint density at radius 3 is 2.44 bits per heavy atom. The van der Waals surface area contributed by atoms with Crippen LogP contribution in [-0.4, -0.2) is 23.9 Å². The Kier molecular flexibility index (Phi) is 3.28. The molecule has 16 heavy (non-hydrogen) atoms. The number of amides is 1. The fourth-order valence-electron chi connectivity index (χ4n) is 1.97. The van der Waals surface area contributed by atoms with Gasteiger partial charge in [0, 0.05) is 19.5 Å². The lowest BCUT2D eigenvalue weighted by Crippen LogP contribution is -2.42. The van der Waals surface area contributed by atoms with Gasteiger partial charge in [0.2, 0.25) is 5.91 Å². The van der Waals surface area contributed by atoms with Gasteiger partial charge in [-0.1, -0.05) is 36.8 Å². The van der Waals surface area contributed by atoms with E-state index < -0.39 is 0 Å². The molecule has 0 radical (unpaired) electrons. The number of nitrogens with zero attached hydrogens (tertiary/aromatic N) is 1. The van der Waals surface area contributed by atoms with Crippen molar-refractivity contribution in [1.29, 1.82) is 0 Å². The molecule has 1 aliphatic rings. The second-order valence-corrected chi connectivity index (χ2v) is 4.75. The molecule has 1 fully saturated rings. The fraction of sp³-hybridized carbons (Fsp3) is 0.500. The number of hydrogen-bond acceptors (Lipinski definition) is 1. The molecule has 2 rings (SSSR count). The van der Waals surface area contributed by atoms with Crippen molar-refractivity contribution in [3.05, 3.63) is 35.4 Å². The molecule has 1 aromatic carbocycles. The van der Waals surface area contributed by atoms with E-state index in [1.165, 1.54) is 17.5 Å². The van der Waals surface area contributed by atoms with Crippen LogP contribution in [-0.2, 0) is 4.79 Å². The first kappa shape index (κ1) is 11.2. The number of carbonyl (C=O) groups is 1. The van der Waals surface area contributed by atoms with E-state index in [0.29, 0.717) is 18.2 Å². The number of likely N-dealkylation sites (tertiary alicyclic amines) is 1. The molecule has 2 nitrogen and oxygen atoms in total. The van der Waals surface area contributed by atoms with Crippen molar-refractivity contribution < 1.29 is 4.79 Å². The summed E-state index contributed by atoms with van der Waals surface area (Å²) in [6.07, 6.45) is 1.81. The third-order valence-corrected chi connectivity index (χ3v) is 3.34. The van der Waals surface area contributed by atoms with E-state index in [0.717, 1.165) is 13.1 Å². The number of carbonyl (C=O) groups excluding carboxylic acids is 1. The Labute approximate surface area is 97.3 Å². The van der Waals surface area contributed by atoms with Gasteiger partial charge in [0.15, 0.2) is 0 Å². The number of rotatable bonds is 3. The zero-order valence-electron chi connectivity index (χ0n) is 10.1. The van der Waals surface area contributed by atoms with Crippen molar-refractivity contribution in [3.8, 4) is 0 Å². The molecule has 86 valence electrons. The average Bonchev–Trinajstić information content (AvgIpc) is 2.15. The summed E-state index contributed by atoms with van der Waals surface area (Å²) < 4.78 is 0. The molecule has 0 spiro atoms. The first-order valence-electron chi connectivity index (χ1n) is 6.01. The van der Waals surface area contributed by atoms with Crippen LogP contribution < -0.4 is 0 Å². The fourth-order valence-corrected chi connectivity index (χ4v) is 1.97. The third-order valence-electron chi connectivity index (χ3n) is 3.34. The minimum Gasteiger partial charge on any atom is -0.343 e. The van der Waals surface area contributed by atoms with Crippen LogP contribution in [0.4, 0.5) is 0 Å². The summed E-state index contributed by atoms with van der Waals surface area (Å²) in [5.74, 6) is 0.632. The van der Waals surface area contributed by atoms with Gasteiger partial charge in [0.25, 0.3) is 0 Å². The van der Waals surface area contributed by atoms with Crippen LogP contribution in [0.2, 0.25) is 0 Å². The van der Waals surface area contributed by atoms with Crippen molar-refractivity contribution in [2.45, 2.75) is 32.6 Å². The highest BCUT2D eigenvalue weighted by atomic mass is 16.2. The molecule has 0 aliphatic carbocycles. The summed E-state index contributed by atoms with van der Waals surface area (Å²) in [5, 5.41) is 0. The molecule has 1 heterocycles. The van der Waals surface area contributed by atoms with Crippen LogP contribution in [0.3, 0.4) is 0 Å². The summed E-state index contributed by atoms with van der Waals surface area (Å²) >= 11 is 0. The van der Waals surface area contributed by atoms with Crippen molar-refractivity contribution in [2.75, 3.05) is 13.1 Å². The molecule has 1 amide bonds. The van der Waals surface area contributed by atoms with E-state index in [1.54, 1.807) is 0 Å². The largest absolute Gasteiger partial charge is 0.343 e. The van der Waals surface area contributed by atoms with E-state index >= 15 is 0 Å². The van der Waals surface area contributed by atoms with Gasteiger partial charge < -0.3 is 4.90 Å². The van der Waals surface area contributed by atoms with E-state index in [2.05, 4.69) is 38.1 Å². The van der Waals surface area contributed by atoms with Crippen LogP contribution in [0.15, 0.2) is 24.3 Å². The topological polar surface area (TPSA) is 20.3 Å². The maximum atomic E-state index is 11.8. The standard InChI is InChI=1S/C14H19NO/c1-11-4-6-13(7-5-11)12(2)10-14(16)15-8-3-9-15/h4-7,12H,3,8-10H2,1-2H3. The summed E-state index contributed by atoms with van der Waals surface area (Å²) in [5.41, 5.74) is 2.53. The van der Waals surface area contributed by atoms with Gasteiger partial charge in [-0.3, -0.25) is 4.79 Å². The first-order valence-corrected chi connectivity index (χ1v) is 6.01. The van der Waals surface area contributed by atoms with E-state index in [-0.39, 0.29) is 0 Å². The number of benzene rings is 1. The minimum atomic E-state index is 0.305. The van der Waals surface area contributed by atoms with Gasteiger partial charge in [-0.2, -0.15) is 0 Å². The number of hydrogen-bond donors (Lipinski definition) is 0. The van der Waals surface area contributed by atoms with Gasteiger partial charge in [-0.15, -0.1) is 0 Å². The predicted octanol–water partition coefficient (Wildman–Crippen LogP) is 2.72. The maximum absolute atomic E-state index is 11.8. The molecule has 0 N–H and O–H groups in total. The van der Waals surface area contributed by atoms with Crippen LogP contribution in [0.25, 0.3) is 0 Å². The van der Waals surface area contributed by atoms with E-state index in [9.17, 15) is 4.79 Å². The zero-order chi connectivity index (χ0) is 11.5. The molecule has 0 aromatic heterocycles. The zero-order valence-corrected chi connectivity index (χ0v) is 10.1. The Hall–Kier alpha value is -1.31. The lowest BCUT2D eigenvalue weighted by Gasteiger charge is -2.31. The molecule has 1 aliphatic heterocycles. The molecule has 2 heteroatoms. The van der Waals surface area contributed by atoms with Crippen molar-refractivity contribution in [2.24, 2.45) is 0 Å². The highest BCUT2D eigenvalue weighted by Gasteiger charge is 2.22. The molecule has 0 saturated carbocycles. The van der Waals surface area contributed by atoms with Crippen molar-refractivity contribution in [1.82, 2.24) is 4.90 Å². The Bertz CT molecular complexity index is 365. The molecular weight excluding hydrogens is 198 g/mol. The summed E-state index contributed by atoms with van der Waals surface area (Å²) in [7, 11) is 0. The lowest BCUT2D eigenvalue weighted by molar-refractivity contribution is -0.134. The van der Waals surface area contributed by atoms with Gasteiger partial charge in [-0.05, 0) is 24.8 Å². The predicted molar refractivity (Wildman–Crippen MR) is 65.4 cm³/mol. The minimum absolute atomic E-state index is 0.305. The van der Waals surface area contributed by atoms with E-state index in [1.807, 2.05) is 4.90 Å². The average molecular weight is 217 g/mol. The maximum Gasteiger partial charge on any atom is 0.223 e. The highest BCUT2D eigenvalue weighted by Crippen LogP contribution is 2.21. The first-order chi connectivity index (χ1) is 7.66. The Morgan fingerprint density at radius 2 is 1.94 bits per heavy atom. The van der Waals surface area contributed by atoms with Crippen molar-refractivity contribution in [3.63, 3.8) is 0 Å². The number of aryl methyl sites for hydroxylation is 1. The quantitative estimate of drug-likeness (QED) is 0.762. The van der Waals surface area contributed by atoms with Crippen molar-refractivity contribution >= 4 is 5.91 Å². The van der Waals surface area contributed by atoms with Crippen LogP contribution in [0.1, 0.15) is 36.8 Å². The van der Waals surface area contributed by atoms with Crippen LogP contribution in [0, 0.1) is 6.92 Å². The molecule has 1 aromatic rings.